The second-order valence-corrected chi connectivity index (χ2v) is 5.90. The molecular formula is C15H14BrClFN. The monoisotopic (exact) mass is 341 g/mol. The molecule has 0 radical (unpaired) electrons. The van der Waals surface area contributed by atoms with Gasteiger partial charge in [-0.2, -0.15) is 0 Å². The van der Waals surface area contributed by atoms with Crippen LogP contribution < -0.4 is 5.73 Å². The minimum atomic E-state index is -0.271. The fraction of sp³-hybridized carbons (Fsp3) is 0.200. The Labute approximate surface area is 125 Å². The molecule has 0 fully saturated rings. The van der Waals surface area contributed by atoms with E-state index < -0.39 is 0 Å². The van der Waals surface area contributed by atoms with Crippen molar-refractivity contribution in [3.05, 3.63) is 68.4 Å². The molecule has 0 aliphatic carbocycles. The topological polar surface area (TPSA) is 26.0 Å². The van der Waals surface area contributed by atoms with Crippen LogP contribution in [0, 0.1) is 12.7 Å². The molecule has 0 amide bonds. The Morgan fingerprint density at radius 2 is 2.00 bits per heavy atom. The normalized spacial score (nSPS) is 12.5. The molecule has 0 saturated heterocycles. The summed E-state index contributed by atoms with van der Waals surface area (Å²) in [7, 11) is 0. The van der Waals surface area contributed by atoms with Crippen LogP contribution in [-0.4, -0.2) is 0 Å². The molecule has 0 aliphatic rings. The van der Waals surface area contributed by atoms with E-state index in [0.717, 1.165) is 15.6 Å². The Balaban J connectivity index is 2.27. The van der Waals surface area contributed by atoms with Gasteiger partial charge in [-0.3, -0.25) is 0 Å². The first kappa shape index (κ1) is 14.5. The Kier molecular flexibility index (Phi) is 4.61. The first-order valence-corrected chi connectivity index (χ1v) is 7.10. The summed E-state index contributed by atoms with van der Waals surface area (Å²) in [6, 6.07) is 10.2. The molecule has 1 nitrogen and oxygen atoms in total. The molecule has 0 saturated carbocycles. The number of nitrogens with two attached hydrogens (primary N) is 1. The van der Waals surface area contributed by atoms with Crippen LogP contribution in [0.5, 0.6) is 0 Å². The van der Waals surface area contributed by atoms with E-state index in [1.54, 1.807) is 6.07 Å². The summed E-state index contributed by atoms with van der Waals surface area (Å²) >= 11 is 9.31. The molecule has 0 bridgehead atoms. The Morgan fingerprint density at radius 1 is 1.26 bits per heavy atom. The first-order valence-electron chi connectivity index (χ1n) is 5.93. The number of rotatable bonds is 3. The zero-order valence-corrected chi connectivity index (χ0v) is 12.8. The second kappa shape index (κ2) is 6.04. The van der Waals surface area contributed by atoms with Crippen LogP contribution in [-0.2, 0) is 6.42 Å². The van der Waals surface area contributed by atoms with Gasteiger partial charge in [-0.15, -0.1) is 0 Å². The van der Waals surface area contributed by atoms with E-state index in [2.05, 4.69) is 15.9 Å². The molecule has 2 aromatic rings. The second-order valence-electron chi connectivity index (χ2n) is 4.55. The van der Waals surface area contributed by atoms with Crippen molar-refractivity contribution in [2.75, 3.05) is 0 Å². The SMILES string of the molecule is Cc1ccc(Br)cc1C(N)Cc1cc(Cl)ccc1F. The Bertz CT molecular complexity index is 601. The molecule has 2 rings (SSSR count). The predicted octanol–water partition coefficient (Wildman–Crippen LogP) is 4.79. The molecule has 0 spiro atoms. The molecule has 100 valence electrons. The fourth-order valence-corrected chi connectivity index (χ4v) is 2.63. The van der Waals surface area contributed by atoms with Crippen molar-refractivity contribution >= 4 is 27.5 Å². The molecule has 4 heteroatoms. The molecule has 1 atom stereocenters. The minimum absolute atomic E-state index is 0.259. The number of hydrogen-bond acceptors (Lipinski definition) is 1. The number of aryl methyl sites for hydroxylation is 1. The van der Waals surface area contributed by atoms with Gasteiger partial charge in [0.25, 0.3) is 0 Å². The highest BCUT2D eigenvalue weighted by Crippen LogP contribution is 2.25. The van der Waals surface area contributed by atoms with E-state index >= 15 is 0 Å². The van der Waals surface area contributed by atoms with Crippen LogP contribution in [0.15, 0.2) is 40.9 Å². The lowest BCUT2D eigenvalue weighted by Gasteiger charge is -2.16. The van der Waals surface area contributed by atoms with Gasteiger partial charge in [0.1, 0.15) is 5.82 Å². The largest absolute Gasteiger partial charge is 0.324 e. The third kappa shape index (κ3) is 3.56. The third-order valence-corrected chi connectivity index (χ3v) is 3.82. The lowest BCUT2D eigenvalue weighted by molar-refractivity contribution is 0.592. The van der Waals surface area contributed by atoms with E-state index in [9.17, 15) is 4.39 Å². The van der Waals surface area contributed by atoms with E-state index in [1.165, 1.54) is 12.1 Å². The molecule has 0 aliphatic heterocycles. The predicted molar refractivity (Wildman–Crippen MR) is 80.9 cm³/mol. The highest BCUT2D eigenvalue weighted by Gasteiger charge is 2.13. The summed E-state index contributed by atoms with van der Waals surface area (Å²) in [6.45, 7) is 2.00. The summed E-state index contributed by atoms with van der Waals surface area (Å²) in [5.74, 6) is -0.271. The summed E-state index contributed by atoms with van der Waals surface area (Å²) in [5, 5.41) is 0.523. The van der Waals surface area contributed by atoms with Crippen molar-refractivity contribution in [3.63, 3.8) is 0 Å². The Morgan fingerprint density at radius 3 is 2.74 bits per heavy atom. The lowest BCUT2D eigenvalue weighted by atomic mass is 9.96. The van der Waals surface area contributed by atoms with E-state index in [-0.39, 0.29) is 11.9 Å². The van der Waals surface area contributed by atoms with Crippen LogP contribution in [0.4, 0.5) is 4.39 Å². The first-order chi connectivity index (χ1) is 8.97. The summed E-state index contributed by atoms with van der Waals surface area (Å²) in [4.78, 5) is 0. The van der Waals surface area contributed by atoms with Gasteiger partial charge in [0.15, 0.2) is 0 Å². The number of hydrogen-bond donors (Lipinski definition) is 1. The molecule has 19 heavy (non-hydrogen) atoms. The summed E-state index contributed by atoms with van der Waals surface area (Å²) in [6.07, 6.45) is 0.420. The van der Waals surface area contributed by atoms with Crippen molar-refractivity contribution in [1.29, 1.82) is 0 Å². The fourth-order valence-electron chi connectivity index (χ4n) is 2.06. The van der Waals surface area contributed by atoms with Crippen molar-refractivity contribution in [2.45, 2.75) is 19.4 Å². The van der Waals surface area contributed by atoms with E-state index in [1.807, 2.05) is 25.1 Å². The Hall–Kier alpha value is -0.900. The number of halogens is 3. The summed E-state index contributed by atoms with van der Waals surface area (Å²) < 4.78 is 14.7. The third-order valence-electron chi connectivity index (χ3n) is 3.09. The van der Waals surface area contributed by atoms with Crippen LogP contribution in [0.25, 0.3) is 0 Å². The molecular weight excluding hydrogens is 329 g/mol. The highest BCUT2D eigenvalue weighted by atomic mass is 79.9. The van der Waals surface area contributed by atoms with Crippen molar-refractivity contribution in [2.24, 2.45) is 5.73 Å². The van der Waals surface area contributed by atoms with Crippen molar-refractivity contribution in [3.8, 4) is 0 Å². The van der Waals surface area contributed by atoms with Gasteiger partial charge >= 0.3 is 0 Å². The average molecular weight is 343 g/mol. The van der Waals surface area contributed by atoms with Gasteiger partial charge in [-0.05, 0) is 60.4 Å². The molecule has 0 heterocycles. The van der Waals surface area contributed by atoms with Gasteiger partial charge < -0.3 is 5.73 Å². The molecule has 2 aromatic carbocycles. The number of benzene rings is 2. The van der Waals surface area contributed by atoms with Crippen molar-refractivity contribution in [1.82, 2.24) is 0 Å². The average Bonchev–Trinajstić information content (AvgIpc) is 2.36. The maximum atomic E-state index is 13.7. The zero-order chi connectivity index (χ0) is 14.0. The van der Waals surface area contributed by atoms with Crippen LogP contribution in [0.3, 0.4) is 0 Å². The maximum absolute atomic E-state index is 13.7. The summed E-state index contributed by atoms with van der Waals surface area (Å²) in [5.41, 5.74) is 8.83. The van der Waals surface area contributed by atoms with Gasteiger partial charge in [-0.1, -0.05) is 33.6 Å². The van der Waals surface area contributed by atoms with Gasteiger partial charge in [0.05, 0.1) is 0 Å². The van der Waals surface area contributed by atoms with Gasteiger partial charge in [-0.25, -0.2) is 4.39 Å². The van der Waals surface area contributed by atoms with E-state index in [0.29, 0.717) is 17.0 Å². The maximum Gasteiger partial charge on any atom is 0.126 e. The standard InChI is InChI=1S/C15H14BrClFN/c1-9-2-3-11(16)8-13(9)15(19)7-10-6-12(17)4-5-14(10)18/h2-6,8,15H,7,19H2,1H3. The van der Waals surface area contributed by atoms with Gasteiger partial charge in [0.2, 0.25) is 0 Å². The lowest BCUT2D eigenvalue weighted by Crippen LogP contribution is -2.15. The molecule has 1 unspecified atom stereocenters. The molecule has 2 N–H and O–H groups in total. The molecule has 0 aromatic heterocycles. The smallest absolute Gasteiger partial charge is 0.126 e. The highest BCUT2D eigenvalue weighted by molar-refractivity contribution is 9.10. The van der Waals surface area contributed by atoms with E-state index in [4.69, 9.17) is 17.3 Å². The van der Waals surface area contributed by atoms with Crippen molar-refractivity contribution < 1.29 is 4.39 Å². The quantitative estimate of drug-likeness (QED) is 0.852. The zero-order valence-electron chi connectivity index (χ0n) is 10.5. The minimum Gasteiger partial charge on any atom is -0.324 e. The van der Waals surface area contributed by atoms with Gasteiger partial charge in [0, 0.05) is 15.5 Å². The van der Waals surface area contributed by atoms with Crippen LogP contribution in [0.1, 0.15) is 22.7 Å². The van der Waals surface area contributed by atoms with Crippen LogP contribution in [0.2, 0.25) is 5.02 Å². The van der Waals surface area contributed by atoms with Crippen LogP contribution >= 0.6 is 27.5 Å².